The van der Waals surface area contributed by atoms with Crippen molar-refractivity contribution in [3.8, 4) is 0 Å². The molecule has 1 aliphatic rings. The highest BCUT2D eigenvalue weighted by molar-refractivity contribution is 6.09. The van der Waals surface area contributed by atoms with E-state index in [0.717, 1.165) is 11.1 Å². The second-order valence-electron chi connectivity index (χ2n) is 6.69. The Bertz CT molecular complexity index is 911. The monoisotopic (exact) mass is 333 g/mol. The van der Waals surface area contributed by atoms with E-state index in [-0.39, 0.29) is 11.7 Å². The van der Waals surface area contributed by atoms with Crippen LogP contribution in [0.3, 0.4) is 0 Å². The van der Waals surface area contributed by atoms with Crippen LogP contribution in [0, 0.1) is 5.82 Å². The summed E-state index contributed by atoms with van der Waals surface area (Å²) < 4.78 is 13.0. The number of carbonyl (C=O) groups excluding carboxylic acids is 1. The first kappa shape index (κ1) is 15.8. The zero-order chi connectivity index (χ0) is 17.2. The maximum absolute atomic E-state index is 13.0. The lowest BCUT2D eigenvalue weighted by Crippen LogP contribution is -2.12. The summed E-state index contributed by atoms with van der Waals surface area (Å²) in [6.45, 7) is 0. The Hall–Kier alpha value is -2.68. The Morgan fingerprint density at radius 3 is 2.32 bits per heavy atom. The molecule has 3 heteroatoms. The molecule has 0 unspecified atom stereocenters. The van der Waals surface area contributed by atoms with Crippen molar-refractivity contribution < 1.29 is 9.18 Å². The zero-order valence-electron chi connectivity index (χ0n) is 14.0. The van der Waals surface area contributed by atoms with Crippen LogP contribution in [0.25, 0.3) is 10.8 Å². The molecule has 1 N–H and O–H groups in total. The third kappa shape index (κ3) is 3.14. The molecule has 1 saturated carbocycles. The van der Waals surface area contributed by atoms with E-state index in [0.29, 0.717) is 11.5 Å². The van der Waals surface area contributed by atoms with Gasteiger partial charge in [0.05, 0.1) is 0 Å². The van der Waals surface area contributed by atoms with Crippen LogP contribution in [0.1, 0.15) is 47.5 Å². The van der Waals surface area contributed by atoms with Gasteiger partial charge in [0.2, 0.25) is 0 Å². The van der Waals surface area contributed by atoms with Gasteiger partial charge in [-0.3, -0.25) is 4.79 Å². The summed E-state index contributed by atoms with van der Waals surface area (Å²) >= 11 is 0. The highest BCUT2D eigenvalue weighted by atomic mass is 19.1. The van der Waals surface area contributed by atoms with E-state index in [4.69, 9.17) is 0 Å². The predicted octanol–water partition coefficient (Wildman–Crippen LogP) is 5.89. The van der Waals surface area contributed by atoms with Gasteiger partial charge in [0.25, 0.3) is 5.91 Å². The van der Waals surface area contributed by atoms with Gasteiger partial charge in [-0.25, -0.2) is 4.39 Å². The Balaban J connectivity index is 1.69. The molecule has 2 nitrogen and oxygen atoms in total. The van der Waals surface area contributed by atoms with Crippen molar-refractivity contribution >= 4 is 22.4 Å². The minimum atomic E-state index is -0.345. The molecule has 126 valence electrons. The molecule has 4 rings (SSSR count). The normalized spacial score (nSPS) is 14.8. The van der Waals surface area contributed by atoms with E-state index in [1.807, 2.05) is 18.2 Å². The summed E-state index contributed by atoms with van der Waals surface area (Å²) in [5.41, 5.74) is 2.63. The highest BCUT2D eigenvalue weighted by Gasteiger charge is 2.19. The minimum Gasteiger partial charge on any atom is -0.321 e. The maximum atomic E-state index is 13.0. The molecule has 25 heavy (non-hydrogen) atoms. The van der Waals surface area contributed by atoms with Crippen molar-refractivity contribution in [1.82, 2.24) is 0 Å². The zero-order valence-corrected chi connectivity index (χ0v) is 14.0. The number of benzene rings is 3. The molecule has 0 atom stereocenters. The van der Waals surface area contributed by atoms with Gasteiger partial charge in [0.15, 0.2) is 0 Å². The lowest BCUT2D eigenvalue weighted by Gasteiger charge is -2.15. The third-order valence-corrected chi connectivity index (χ3v) is 5.11. The molecule has 1 fully saturated rings. The Morgan fingerprint density at radius 1 is 0.880 bits per heavy atom. The summed E-state index contributed by atoms with van der Waals surface area (Å²) in [6, 6.07) is 18.0. The molecule has 3 aromatic carbocycles. The van der Waals surface area contributed by atoms with E-state index < -0.39 is 0 Å². The van der Waals surface area contributed by atoms with Crippen molar-refractivity contribution in [3.05, 3.63) is 77.6 Å². The van der Waals surface area contributed by atoms with Gasteiger partial charge in [-0.15, -0.1) is 0 Å². The van der Waals surface area contributed by atoms with Crippen LogP contribution in [-0.2, 0) is 0 Å². The largest absolute Gasteiger partial charge is 0.321 e. The summed E-state index contributed by atoms with van der Waals surface area (Å²) in [5, 5.41) is 5.25. The average molecular weight is 333 g/mol. The summed E-state index contributed by atoms with van der Waals surface area (Å²) in [7, 11) is 0. The topological polar surface area (TPSA) is 29.1 Å². The van der Waals surface area contributed by atoms with E-state index in [9.17, 15) is 9.18 Å². The fourth-order valence-corrected chi connectivity index (χ4v) is 3.83. The van der Waals surface area contributed by atoms with Gasteiger partial charge in [-0.1, -0.05) is 43.2 Å². The Kier molecular flexibility index (Phi) is 4.22. The molecule has 1 amide bonds. The summed E-state index contributed by atoms with van der Waals surface area (Å²) in [5.74, 6) is 0.0495. The number of rotatable bonds is 3. The molecule has 0 heterocycles. The number of halogens is 1. The van der Waals surface area contributed by atoms with Crippen molar-refractivity contribution in [2.45, 2.75) is 31.6 Å². The van der Waals surface area contributed by atoms with Gasteiger partial charge in [-0.05, 0) is 60.0 Å². The number of amides is 1. The van der Waals surface area contributed by atoms with Crippen LogP contribution in [-0.4, -0.2) is 5.91 Å². The van der Waals surface area contributed by atoms with Crippen LogP contribution in [0.15, 0.2) is 60.7 Å². The first-order valence-corrected chi connectivity index (χ1v) is 8.81. The summed E-state index contributed by atoms with van der Waals surface area (Å²) in [4.78, 5) is 12.5. The fourth-order valence-electron chi connectivity index (χ4n) is 3.83. The third-order valence-electron chi connectivity index (χ3n) is 5.11. The second-order valence-corrected chi connectivity index (χ2v) is 6.69. The first-order chi connectivity index (χ1) is 12.2. The Morgan fingerprint density at radius 2 is 1.56 bits per heavy atom. The molecular formula is C22H20FNO. The van der Waals surface area contributed by atoms with Crippen LogP contribution >= 0.6 is 0 Å². The van der Waals surface area contributed by atoms with E-state index in [1.54, 1.807) is 0 Å². The van der Waals surface area contributed by atoms with Crippen molar-refractivity contribution in [1.29, 1.82) is 0 Å². The van der Waals surface area contributed by atoms with Crippen molar-refractivity contribution in [2.75, 3.05) is 5.32 Å². The number of hydrogen-bond acceptors (Lipinski definition) is 1. The number of anilines is 1. The minimum absolute atomic E-state index is 0.223. The smallest absolute Gasteiger partial charge is 0.255 e. The molecule has 0 radical (unpaired) electrons. The molecule has 0 aliphatic heterocycles. The lowest BCUT2D eigenvalue weighted by atomic mass is 9.92. The second kappa shape index (κ2) is 6.67. The average Bonchev–Trinajstić information content (AvgIpc) is 3.16. The van der Waals surface area contributed by atoms with Gasteiger partial charge in [0, 0.05) is 16.6 Å². The molecular weight excluding hydrogens is 313 g/mol. The van der Waals surface area contributed by atoms with Crippen LogP contribution in [0.2, 0.25) is 0 Å². The maximum Gasteiger partial charge on any atom is 0.255 e. The SMILES string of the molecule is O=C(Nc1cccc2c(C3CCCC3)cccc12)c1ccc(F)cc1. The molecule has 0 saturated heterocycles. The molecule has 1 aliphatic carbocycles. The fraction of sp³-hybridized carbons (Fsp3) is 0.227. The number of fused-ring (bicyclic) bond motifs is 1. The molecule has 0 spiro atoms. The van der Waals surface area contributed by atoms with Gasteiger partial charge in [-0.2, -0.15) is 0 Å². The van der Waals surface area contributed by atoms with Gasteiger partial charge in [0.1, 0.15) is 5.82 Å². The van der Waals surface area contributed by atoms with Gasteiger partial charge < -0.3 is 5.32 Å². The molecule has 0 bridgehead atoms. The standard InChI is InChI=1S/C22H20FNO/c23-17-13-11-16(12-14-17)22(25)24-21-10-4-8-19-18(7-3-9-20(19)21)15-5-1-2-6-15/h3-4,7-15H,1-2,5-6H2,(H,24,25). The Labute approximate surface area is 146 Å². The quantitative estimate of drug-likeness (QED) is 0.636. The molecule has 3 aromatic rings. The van der Waals surface area contributed by atoms with Crippen LogP contribution in [0.5, 0.6) is 0 Å². The van der Waals surface area contributed by atoms with E-state index in [2.05, 4.69) is 23.5 Å². The molecule has 0 aromatic heterocycles. The number of nitrogens with one attached hydrogen (secondary N) is 1. The van der Waals surface area contributed by atoms with E-state index in [1.165, 1.54) is 60.9 Å². The lowest BCUT2D eigenvalue weighted by molar-refractivity contribution is 0.102. The van der Waals surface area contributed by atoms with Crippen molar-refractivity contribution in [3.63, 3.8) is 0 Å². The van der Waals surface area contributed by atoms with Crippen molar-refractivity contribution in [2.24, 2.45) is 0 Å². The van der Waals surface area contributed by atoms with Crippen LogP contribution in [0.4, 0.5) is 10.1 Å². The van der Waals surface area contributed by atoms with Crippen LogP contribution < -0.4 is 5.32 Å². The summed E-state index contributed by atoms with van der Waals surface area (Å²) in [6.07, 6.45) is 5.07. The van der Waals surface area contributed by atoms with E-state index >= 15 is 0 Å². The first-order valence-electron chi connectivity index (χ1n) is 8.81. The van der Waals surface area contributed by atoms with Gasteiger partial charge >= 0.3 is 0 Å². The highest BCUT2D eigenvalue weighted by Crippen LogP contribution is 2.39. The number of hydrogen-bond donors (Lipinski definition) is 1. The number of carbonyl (C=O) groups is 1. The predicted molar refractivity (Wildman–Crippen MR) is 99.5 cm³/mol.